The second-order valence-electron chi connectivity index (χ2n) is 5.53. The Bertz CT molecular complexity index is 248. The number of hydrogen-bond donors (Lipinski definition) is 1. The maximum absolute atomic E-state index is 5.99. The molecule has 0 aromatic rings. The summed E-state index contributed by atoms with van der Waals surface area (Å²) < 4.78 is 10.9. The Hall–Kier alpha value is -0.200. The summed E-state index contributed by atoms with van der Waals surface area (Å²) in [4.78, 5) is 4.70. The molecular formula is C13H29N3O2. The van der Waals surface area contributed by atoms with E-state index in [-0.39, 0.29) is 11.8 Å². The summed E-state index contributed by atoms with van der Waals surface area (Å²) in [7, 11) is 7.64. The number of ether oxygens (including phenoxy) is 2. The Kier molecular flexibility index (Phi) is 6.01. The van der Waals surface area contributed by atoms with Crippen molar-refractivity contribution in [1.82, 2.24) is 9.80 Å². The molecule has 0 amide bonds. The molecule has 18 heavy (non-hydrogen) atoms. The minimum absolute atomic E-state index is 0.299. The number of likely N-dealkylation sites (tertiary alicyclic amines) is 1. The molecule has 1 aliphatic heterocycles. The Balaban J connectivity index is 2.79. The Morgan fingerprint density at radius 1 is 1.44 bits per heavy atom. The largest absolute Gasteiger partial charge is 0.354 e. The van der Waals surface area contributed by atoms with Crippen molar-refractivity contribution in [3.05, 3.63) is 0 Å². The van der Waals surface area contributed by atoms with Crippen LogP contribution in [0.2, 0.25) is 0 Å². The van der Waals surface area contributed by atoms with Crippen molar-refractivity contribution in [3.8, 4) is 0 Å². The molecule has 1 saturated heterocycles. The second kappa shape index (κ2) is 6.82. The second-order valence-corrected chi connectivity index (χ2v) is 5.53. The lowest BCUT2D eigenvalue weighted by molar-refractivity contribution is -0.185. The van der Waals surface area contributed by atoms with Gasteiger partial charge in [-0.1, -0.05) is 0 Å². The van der Waals surface area contributed by atoms with Gasteiger partial charge in [-0.25, -0.2) is 0 Å². The number of nitrogens with zero attached hydrogens (tertiary/aromatic N) is 2. The van der Waals surface area contributed by atoms with Crippen LogP contribution in [0.15, 0.2) is 0 Å². The quantitative estimate of drug-likeness (QED) is 0.698. The zero-order chi connectivity index (χ0) is 13.8. The lowest BCUT2D eigenvalue weighted by atomic mass is 9.94. The van der Waals surface area contributed by atoms with Crippen LogP contribution in [-0.2, 0) is 9.47 Å². The van der Waals surface area contributed by atoms with Crippen LogP contribution in [0, 0.1) is 0 Å². The van der Waals surface area contributed by atoms with Gasteiger partial charge in [0.1, 0.15) is 0 Å². The third-order valence-corrected chi connectivity index (χ3v) is 4.30. The molecule has 108 valence electrons. The Morgan fingerprint density at radius 2 is 2.06 bits per heavy atom. The van der Waals surface area contributed by atoms with Crippen LogP contribution in [0.25, 0.3) is 0 Å². The summed E-state index contributed by atoms with van der Waals surface area (Å²) in [6.07, 6.45) is 2.13. The van der Waals surface area contributed by atoms with Crippen LogP contribution < -0.4 is 5.73 Å². The average molecular weight is 259 g/mol. The highest BCUT2D eigenvalue weighted by molar-refractivity contribution is 4.94. The normalized spacial score (nSPS) is 25.7. The highest BCUT2D eigenvalue weighted by Gasteiger charge is 2.41. The van der Waals surface area contributed by atoms with E-state index in [0.29, 0.717) is 12.6 Å². The van der Waals surface area contributed by atoms with Crippen molar-refractivity contribution < 1.29 is 9.47 Å². The van der Waals surface area contributed by atoms with E-state index in [9.17, 15) is 0 Å². The smallest absolute Gasteiger partial charge is 0.176 e. The molecule has 0 aliphatic carbocycles. The van der Waals surface area contributed by atoms with Crippen LogP contribution in [0.4, 0.5) is 0 Å². The van der Waals surface area contributed by atoms with E-state index in [2.05, 4.69) is 30.8 Å². The van der Waals surface area contributed by atoms with E-state index in [1.807, 2.05) is 0 Å². The molecule has 1 rings (SSSR count). The molecular weight excluding hydrogens is 230 g/mol. The number of likely N-dealkylation sites (N-methyl/N-ethyl adjacent to an activating group) is 2. The maximum atomic E-state index is 5.99. The summed E-state index contributed by atoms with van der Waals surface area (Å²) in [6, 6.07) is 0.505. The van der Waals surface area contributed by atoms with Crippen molar-refractivity contribution in [2.75, 3.05) is 47.9 Å². The SMILES string of the molecule is COC(OC)C(C)(CN)N(C)C1CCCN(C)C1. The van der Waals surface area contributed by atoms with Gasteiger partial charge in [-0.15, -0.1) is 0 Å². The summed E-state index contributed by atoms with van der Waals surface area (Å²) in [5.74, 6) is 0. The van der Waals surface area contributed by atoms with Gasteiger partial charge in [-0.2, -0.15) is 0 Å². The van der Waals surface area contributed by atoms with Crippen LogP contribution >= 0.6 is 0 Å². The molecule has 0 spiro atoms. The van der Waals surface area contributed by atoms with Gasteiger partial charge in [-0.3, -0.25) is 4.90 Å². The summed E-state index contributed by atoms with van der Waals surface area (Å²) in [5, 5.41) is 0. The van der Waals surface area contributed by atoms with E-state index in [4.69, 9.17) is 15.2 Å². The summed E-state index contributed by atoms with van der Waals surface area (Å²) in [5.41, 5.74) is 5.69. The lowest BCUT2D eigenvalue weighted by Gasteiger charge is -2.48. The first kappa shape index (κ1) is 15.9. The highest BCUT2D eigenvalue weighted by atomic mass is 16.7. The predicted octanol–water partition coefficient (Wildman–Crippen LogP) is 0.349. The van der Waals surface area contributed by atoms with Crippen molar-refractivity contribution in [2.45, 2.75) is 37.6 Å². The van der Waals surface area contributed by atoms with Crippen molar-refractivity contribution in [3.63, 3.8) is 0 Å². The van der Waals surface area contributed by atoms with E-state index < -0.39 is 0 Å². The molecule has 1 heterocycles. The number of rotatable bonds is 6. The first-order valence-corrected chi connectivity index (χ1v) is 6.66. The fourth-order valence-electron chi connectivity index (χ4n) is 2.88. The van der Waals surface area contributed by atoms with E-state index in [1.165, 1.54) is 19.4 Å². The highest BCUT2D eigenvalue weighted by Crippen LogP contribution is 2.26. The molecule has 0 bridgehead atoms. The molecule has 0 radical (unpaired) electrons. The molecule has 2 atom stereocenters. The average Bonchev–Trinajstić information content (AvgIpc) is 2.38. The lowest BCUT2D eigenvalue weighted by Crippen LogP contribution is -2.63. The molecule has 5 heteroatoms. The Labute approximate surface area is 111 Å². The molecule has 1 fully saturated rings. The third kappa shape index (κ3) is 3.22. The number of nitrogens with two attached hydrogens (primary N) is 1. The van der Waals surface area contributed by atoms with Crippen LogP contribution in [0.1, 0.15) is 19.8 Å². The van der Waals surface area contributed by atoms with Crippen molar-refractivity contribution >= 4 is 0 Å². The molecule has 0 aromatic heterocycles. The standard InChI is InChI=1S/C13H29N3O2/c1-13(10-14,12(17-4)18-5)16(3)11-7-6-8-15(2)9-11/h11-12H,6-10,14H2,1-5H3. The van der Waals surface area contributed by atoms with Gasteiger partial charge in [-0.05, 0) is 40.4 Å². The van der Waals surface area contributed by atoms with Gasteiger partial charge in [0.25, 0.3) is 0 Å². The summed E-state index contributed by atoms with van der Waals surface area (Å²) in [6.45, 7) is 4.88. The zero-order valence-corrected chi connectivity index (χ0v) is 12.5. The molecule has 2 N–H and O–H groups in total. The topological polar surface area (TPSA) is 51.0 Å². The number of methoxy groups -OCH3 is 2. The first-order valence-electron chi connectivity index (χ1n) is 6.66. The monoisotopic (exact) mass is 259 g/mol. The third-order valence-electron chi connectivity index (χ3n) is 4.30. The molecule has 2 unspecified atom stereocenters. The van der Waals surface area contributed by atoms with Gasteiger partial charge in [0, 0.05) is 33.4 Å². The first-order chi connectivity index (χ1) is 8.49. The zero-order valence-electron chi connectivity index (χ0n) is 12.5. The summed E-state index contributed by atoms with van der Waals surface area (Å²) >= 11 is 0. The minimum atomic E-state index is -0.306. The van der Waals surface area contributed by atoms with E-state index in [1.54, 1.807) is 14.2 Å². The number of piperidine rings is 1. The fourth-order valence-corrected chi connectivity index (χ4v) is 2.88. The van der Waals surface area contributed by atoms with Crippen molar-refractivity contribution in [1.29, 1.82) is 0 Å². The predicted molar refractivity (Wildman–Crippen MR) is 73.5 cm³/mol. The van der Waals surface area contributed by atoms with Gasteiger partial charge >= 0.3 is 0 Å². The number of hydrogen-bond acceptors (Lipinski definition) is 5. The maximum Gasteiger partial charge on any atom is 0.176 e. The fraction of sp³-hybridized carbons (Fsp3) is 1.00. The van der Waals surface area contributed by atoms with E-state index in [0.717, 1.165) is 6.54 Å². The van der Waals surface area contributed by atoms with Gasteiger partial charge in [0.15, 0.2) is 6.29 Å². The van der Waals surface area contributed by atoms with Gasteiger partial charge in [0.05, 0.1) is 5.54 Å². The Morgan fingerprint density at radius 3 is 2.50 bits per heavy atom. The molecule has 0 aromatic carbocycles. The minimum Gasteiger partial charge on any atom is -0.354 e. The van der Waals surface area contributed by atoms with Crippen molar-refractivity contribution in [2.24, 2.45) is 5.73 Å². The molecule has 0 saturated carbocycles. The van der Waals surface area contributed by atoms with Gasteiger partial charge < -0.3 is 20.1 Å². The van der Waals surface area contributed by atoms with E-state index >= 15 is 0 Å². The van der Waals surface area contributed by atoms with Crippen LogP contribution in [-0.4, -0.2) is 75.6 Å². The van der Waals surface area contributed by atoms with Crippen LogP contribution in [0.5, 0.6) is 0 Å². The molecule has 1 aliphatic rings. The van der Waals surface area contributed by atoms with Crippen LogP contribution in [0.3, 0.4) is 0 Å². The molecule has 5 nitrogen and oxygen atoms in total. The van der Waals surface area contributed by atoms with Gasteiger partial charge in [0.2, 0.25) is 0 Å².